The number of carbonyl (C=O) groups is 3. The smallest absolute Gasteiger partial charge is 0.414 e. The first kappa shape index (κ1) is 21.9. The number of hydrazine groups is 1. The number of nitrogens with zero attached hydrogens (tertiary/aromatic N) is 3. The van der Waals surface area contributed by atoms with Crippen molar-refractivity contribution in [2.24, 2.45) is 0 Å². The minimum Gasteiger partial charge on any atom is -0.444 e. The van der Waals surface area contributed by atoms with Crippen molar-refractivity contribution in [1.29, 1.82) is 0 Å². The molecule has 2 heterocycles. The highest BCUT2D eigenvalue weighted by Gasteiger charge is 2.33. The molecule has 1 atom stereocenters. The number of cyclic esters (lactones) is 1. The van der Waals surface area contributed by atoms with Gasteiger partial charge in [0.1, 0.15) is 17.6 Å². The number of ether oxygens (including phenoxy) is 1. The second kappa shape index (κ2) is 9.38. The Bertz CT molecular complexity index is 812. The fraction of sp³-hybridized carbons (Fsp3) is 0.550. The predicted molar refractivity (Wildman–Crippen MR) is 106 cm³/mol. The van der Waals surface area contributed by atoms with Gasteiger partial charge in [0.2, 0.25) is 5.91 Å². The molecule has 1 aromatic carbocycles. The Hall–Kier alpha value is -2.75. The molecule has 2 aliphatic heterocycles. The molecule has 30 heavy (non-hydrogen) atoms. The first-order valence-electron chi connectivity index (χ1n) is 10.1. The number of rotatable bonds is 6. The molecule has 3 rings (SSSR count). The highest BCUT2D eigenvalue weighted by molar-refractivity contribution is 5.90. The fourth-order valence-corrected chi connectivity index (χ4v) is 3.62. The Balaban J connectivity index is 1.73. The van der Waals surface area contributed by atoms with Crippen molar-refractivity contribution < 1.29 is 27.9 Å². The summed E-state index contributed by atoms with van der Waals surface area (Å²) in [6, 6.07) is 2.22. The van der Waals surface area contributed by atoms with Crippen LogP contribution in [0.1, 0.15) is 33.1 Å². The van der Waals surface area contributed by atoms with Crippen LogP contribution in [0.4, 0.5) is 25.0 Å². The monoisotopic (exact) mass is 424 g/mol. The average Bonchev–Trinajstić information content (AvgIpc) is 2.90. The third kappa shape index (κ3) is 4.86. The van der Waals surface area contributed by atoms with Crippen molar-refractivity contribution in [3.63, 3.8) is 0 Å². The zero-order valence-electron chi connectivity index (χ0n) is 17.1. The van der Waals surface area contributed by atoms with Crippen molar-refractivity contribution in [3.8, 4) is 0 Å². The van der Waals surface area contributed by atoms with E-state index in [-0.39, 0.29) is 42.6 Å². The van der Waals surface area contributed by atoms with Crippen LogP contribution in [0.15, 0.2) is 12.1 Å². The van der Waals surface area contributed by atoms with E-state index in [2.05, 4.69) is 5.43 Å². The van der Waals surface area contributed by atoms with Crippen LogP contribution in [0.3, 0.4) is 0 Å². The normalized spacial score (nSPS) is 19.7. The molecule has 10 heteroatoms. The minimum atomic E-state index is -0.791. The van der Waals surface area contributed by atoms with Crippen LogP contribution < -0.4 is 15.2 Å². The zero-order valence-corrected chi connectivity index (χ0v) is 17.1. The van der Waals surface area contributed by atoms with Gasteiger partial charge in [0.05, 0.1) is 18.8 Å². The van der Waals surface area contributed by atoms with Crippen molar-refractivity contribution >= 4 is 29.2 Å². The third-order valence-corrected chi connectivity index (χ3v) is 5.20. The van der Waals surface area contributed by atoms with Gasteiger partial charge in [-0.25, -0.2) is 19.0 Å². The van der Waals surface area contributed by atoms with Crippen LogP contribution in [0.25, 0.3) is 0 Å². The number of amides is 2. The van der Waals surface area contributed by atoms with Gasteiger partial charge >= 0.3 is 6.09 Å². The number of Topliss-reactive ketones (excluding diaryl/α,β-unsaturated/α-hetero) is 1. The number of nitrogens with one attached hydrogen (secondary N) is 1. The van der Waals surface area contributed by atoms with E-state index in [0.29, 0.717) is 32.5 Å². The molecule has 164 valence electrons. The lowest BCUT2D eigenvalue weighted by Crippen LogP contribution is -2.43. The molecule has 0 saturated carbocycles. The topological polar surface area (TPSA) is 82.2 Å². The quantitative estimate of drug-likeness (QED) is 0.754. The molecule has 0 aromatic heterocycles. The largest absolute Gasteiger partial charge is 0.444 e. The van der Waals surface area contributed by atoms with Crippen LogP contribution >= 0.6 is 0 Å². The SMILES string of the molecule is CCC(=O)N1CCN(c2c(F)cc(N3C[C@H](CCC(C)=O)OC3=O)cc2F)CCN1. The second-order valence-electron chi connectivity index (χ2n) is 7.41. The molecular formula is C20H26F2N4O4. The van der Waals surface area contributed by atoms with E-state index in [1.807, 2.05) is 0 Å². The molecule has 0 aliphatic carbocycles. The lowest BCUT2D eigenvalue weighted by atomic mass is 10.1. The van der Waals surface area contributed by atoms with Crippen molar-refractivity contribution in [3.05, 3.63) is 23.8 Å². The molecule has 2 saturated heterocycles. The molecule has 0 unspecified atom stereocenters. The second-order valence-corrected chi connectivity index (χ2v) is 7.41. The number of anilines is 2. The summed E-state index contributed by atoms with van der Waals surface area (Å²) in [6.07, 6.45) is -0.208. The molecule has 1 aromatic rings. The number of hydrogen-bond donors (Lipinski definition) is 1. The summed E-state index contributed by atoms with van der Waals surface area (Å²) in [4.78, 5) is 37.8. The van der Waals surface area contributed by atoms with Gasteiger partial charge in [-0.15, -0.1) is 0 Å². The van der Waals surface area contributed by atoms with E-state index in [0.717, 1.165) is 12.1 Å². The van der Waals surface area contributed by atoms with Gasteiger partial charge in [0.15, 0.2) is 11.6 Å². The number of ketones is 1. The maximum atomic E-state index is 14.9. The average molecular weight is 424 g/mol. The Morgan fingerprint density at radius 2 is 1.90 bits per heavy atom. The number of carbonyl (C=O) groups excluding carboxylic acids is 3. The number of halogens is 2. The fourth-order valence-electron chi connectivity index (χ4n) is 3.62. The van der Waals surface area contributed by atoms with E-state index in [1.165, 1.54) is 16.8 Å². The van der Waals surface area contributed by atoms with Crippen LogP contribution in [0.5, 0.6) is 0 Å². The van der Waals surface area contributed by atoms with Crippen molar-refractivity contribution in [2.75, 3.05) is 42.5 Å². The highest BCUT2D eigenvalue weighted by Crippen LogP contribution is 2.31. The number of hydrogen-bond acceptors (Lipinski definition) is 6. The first-order valence-corrected chi connectivity index (χ1v) is 10.1. The van der Waals surface area contributed by atoms with E-state index in [9.17, 15) is 23.2 Å². The van der Waals surface area contributed by atoms with E-state index < -0.39 is 23.8 Å². The van der Waals surface area contributed by atoms with Crippen LogP contribution in [0, 0.1) is 11.6 Å². The standard InChI is InChI=1S/C20H26F2N4O4/c1-3-18(28)26-9-8-24(7-6-23-26)19-16(21)10-14(11-17(19)22)25-12-15(30-20(25)29)5-4-13(2)27/h10-11,15,23H,3-9,12H2,1-2H3/t15-/m0/s1. The van der Waals surface area contributed by atoms with Gasteiger partial charge in [-0.2, -0.15) is 0 Å². The summed E-state index contributed by atoms with van der Waals surface area (Å²) in [5.74, 6) is -1.68. The molecule has 1 N–H and O–H groups in total. The van der Waals surface area contributed by atoms with Gasteiger partial charge in [-0.1, -0.05) is 6.92 Å². The maximum Gasteiger partial charge on any atom is 0.414 e. The Morgan fingerprint density at radius 1 is 1.20 bits per heavy atom. The van der Waals surface area contributed by atoms with E-state index >= 15 is 0 Å². The summed E-state index contributed by atoms with van der Waals surface area (Å²) in [5, 5.41) is 1.46. The van der Waals surface area contributed by atoms with Gasteiger partial charge in [-0.05, 0) is 13.3 Å². The van der Waals surface area contributed by atoms with Crippen molar-refractivity contribution in [2.45, 2.75) is 39.2 Å². The van der Waals surface area contributed by atoms with Crippen molar-refractivity contribution in [1.82, 2.24) is 10.4 Å². The van der Waals surface area contributed by atoms with Gasteiger partial charge in [0.25, 0.3) is 0 Å². The van der Waals surface area contributed by atoms with Gasteiger partial charge in [0, 0.05) is 44.6 Å². The first-order chi connectivity index (χ1) is 14.3. The molecule has 8 nitrogen and oxygen atoms in total. The van der Waals surface area contributed by atoms with Gasteiger partial charge in [-0.3, -0.25) is 14.7 Å². The lowest BCUT2D eigenvalue weighted by molar-refractivity contribution is -0.133. The summed E-state index contributed by atoms with van der Waals surface area (Å²) in [5.41, 5.74) is 2.84. The Labute approximate surface area is 173 Å². The minimum absolute atomic E-state index is 0.0166. The predicted octanol–water partition coefficient (Wildman–Crippen LogP) is 2.22. The molecule has 0 bridgehead atoms. The molecule has 2 amide bonds. The van der Waals surface area contributed by atoms with Gasteiger partial charge < -0.3 is 14.4 Å². The van der Waals surface area contributed by atoms with Crippen LogP contribution in [0.2, 0.25) is 0 Å². The molecular weight excluding hydrogens is 398 g/mol. The molecule has 2 fully saturated rings. The summed E-state index contributed by atoms with van der Waals surface area (Å²) < 4.78 is 35.0. The number of benzene rings is 1. The third-order valence-electron chi connectivity index (χ3n) is 5.20. The summed E-state index contributed by atoms with van der Waals surface area (Å²) >= 11 is 0. The Morgan fingerprint density at radius 3 is 2.53 bits per heavy atom. The molecule has 0 radical (unpaired) electrons. The summed E-state index contributed by atoms with van der Waals surface area (Å²) in [7, 11) is 0. The highest BCUT2D eigenvalue weighted by atomic mass is 19.1. The summed E-state index contributed by atoms with van der Waals surface area (Å²) in [6.45, 7) is 4.58. The van der Waals surface area contributed by atoms with E-state index in [1.54, 1.807) is 11.8 Å². The Kier molecular flexibility index (Phi) is 6.86. The zero-order chi connectivity index (χ0) is 21.8. The van der Waals surface area contributed by atoms with E-state index in [4.69, 9.17) is 4.74 Å². The van der Waals surface area contributed by atoms with Crippen LogP contribution in [-0.4, -0.2) is 61.6 Å². The van der Waals surface area contributed by atoms with Crippen LogP contribution in [-0.2, 0) is 14.3 Å². The lowest BCUT2D eigenvalue weighted by Gasteiger charge is -2.25. The maximum absolute atomic E-state index is 14.9. The molecule has 2 aliphatic rings. The molecule has 0 spiro atoms.